The Labute approximate surface area is 95.1 Å². The molecule has 0 aliphatic rings. The number of rotatable bonds is 6. The summed E-state index contributed by atoms with van der Waals surface area (Å²) in [5, 5.41) is 0. The molecule has 0 amide bonds. The van der Waals surface area contributed by atoms with Crippen LogP contribution in [0.15, 0.2) is 24.3 Å². The predicted molar refractivity (Wildman–Crippen MR) is 61.0 cm³/mol. The van der Waals surface area contributed by atoms with E-state index in [0.717, 1.165) is 5.56 Å². The van der Waals surface area contributed by atoms with Crippen LogP contribution in [-0.2, 0) is 19.8 Å². The fourth-order valence-corrected chi connectivity index (χ4v) is 3.04. The van der Waals surface area contributed by atoms with Gasteiger partial charge in [0.05, 0.1) is 19.4 Å². The van der Waals surface area contributed by atoms with Crippen LogP contribution < -0.4 is 0 Å². The van der Waals surface area contributed by atoms with Gasteiger partial charge >= 0.3 is 7.60 Å². The van der Waals surface area contributed by atoms with Crippen molar-refractivity contribution in [2.24, 2.45) is 0 Å². The molecule has 0 unspecified atom stereocenters. The zero-order chi connectivity index (χ0) is 12.0. The van der Waals surface area contributed by atoms with Crippen LogP contribution in [0.4, 0.5) is 4.39 Å². The maximum Gasteiger partial charge on any atom is 0.335 e. The van der Waals surface area contributed by atoms with Crippen molar-refractivity contribution >= 4 is 7.60 Å². The van der Waals surface area contributed by atoms with Crippen molar-refractivity contribution in [3.8, 4) is 0 Å². The number of hydrogen-bond donors (Lipinski definition) is 0. The Bertz CT molecular complexity index is 354. The first-order valence-electron chi connectivity index (χ1n) is 5.22. The molecule has 0 radical (unpaired) electrons. The summed E-state index contributed by atoms with van der Waals surface area (Å²) in [7, 11) is -3.08. The second kappa shape index (κ2) is 6.14. The minimum atomic E-state index is -3.08. The zero-order valence-corrected chi connectivity index (χ0v) is 10.4. The highest BCUT2D eigenvalue weighted by Gasteiger charge is 2.23. The van der Waals surface area contributed by atoms with Gasteiger partial charge in [-0.2, -0.15) is 0 Å². The van der Waals surface area contributed by atoms with Crippen molar-refractivity contribution in [1.82, 2.24) is 0 Å². The quantitative estimate of drug-likeness (QED) is 0.719. The normalized spacial score (nSPS) is 11.7. The van der Waals surface area contributed by atoms with Crippen LogP contribution in [0.1, 0.15) is 19.4 Å². The molecule has 0 heterocycles. The minimum absolute atomic E-state index is 0.176. The summed E-state index contributed by atoms with van der Waals surface area (Å²) in [6, 6.07) is 5.83. The molecule has 0 N–H and O–H groups in total. The molecular formula is C11H16FO3P. The Morgan fingerprint density at radius 2 is 1.62 bits per heavy atom. The average molecular weight is 246 g/mol. The van der Waals surface area contributed by atoms with E-state index in [4.69, 9.17) is 9.05 Å². The largest absolute Gasteiger partial charge is 0.335 e. The third-order valence-electron chi connectivity index (χ3n) is 1.94. The van der Waals surface area contributed by atoms with Crippen molar-refractivity contribution in [2.75, 3.05) is 13.2 Å². The highest BCUT2D eigenvalue weighted by Crippen LogP contribution is 2.51. The zero-order valence-electron chi connectivity index (χ0n) is 9.48. The fraction of sp³-hybridized carbons (Fsp3) is 0.455. The Morgan fingerprint density at radius 3 is 2.06 bits per heavy atom. The van der Waals surface area contributed by atoms with Gasteiger partial charge in [0.15, 0.2) is 0 Å². The molecule has 0 saturated heterocycles. The highest BCUT2D eigenvalue weighted by atomic mass is 31.2. The van der Waals surface area contributed by atoms with Gasteiger partial charge in [0.1, 0.15) is 5.82 Å². The lowest BCUT2D eigenvalue weighted by Gasteiger charge is -2.16. The van der Waals surface area contributed by atoms with E-state index in [9.17, 15) is 8.96 Å². The average Bonchev–Trinajstić information content (AvgIpc) is 2.22. The summed E-state index contributed by atoms with van der Waals surface area (Å²) in [6.45, 7) is 4.18. The highest BCUT2D eigenvalue weighted by molar-refractivity contribution is 7.53. The van der Waals surface area contributed by atoms with Crippen molar-refractivity contribution < 1.29 is 18.0 Å². The van der Waals surface area contributed by atoms with Crippen molar-refractivity contribution in [1.29, 1.82) is 0 Å². The molecule has 0 spiro atoms. The second-order valence-corrected chi connectivity index (χ2v) is 5.29. The summed E-state index contributed by atoms with van der Waals surface area (Å²) in [4.78, 5) is 0. The molecule has 0 aliphatic heterocycles. The molecule has 1 aromatic carbocycles. The van der Waals surface area contributed by atoms with Crippen molar-refractivity contribution in [2.45, 2.75) is 20.0 Å². The van der Waals surface area contributed by atoms with Crippen LogP contribution >= 0.6 is 7.60 Å². The first-order chi connectivity index (χ1) is 7.59. The van der Waals surface area contributed by atoms with Gasteiger partial charge in [0.2, 0.25) is 0 Å². The molecule has 16 heavy (non-hydrogen) atoms. The van der Waals surface area contributed by atoms with Crippen LogP contribution in [0.2, 0.25) is 0 Å². The lowest BCUT2D eigenvalue weighted by molar-refractivity contribution is 0.219. The molecule has 0 fully saturated rings. The third-order valence-corrected chi connectivity index (χ3v) is 4.00. The Kier molecular flexibility index (Phi) is 5.13. The molecule has 5 heteroatoms. The Balaban J connectivity index is 2.75. The van der Waals surface area contributed by atoms with E-state index < -0.39 is 7.60 Å². The lowest BCUT2D eigenvalue weighted by Crippen LogP contribution is -1.99. The van der Waals surface area contributed by atoms with Gasteiger partial charge in [-0.3, -0.25) is 4.57 Å². The Morgan fingerprint density at radius 1 is 1.12 bits per heavy atom. The molecule has 0 atom stereocenters. The molecule has 3 nitrogen and oxygen atoms in total. The van der Waals surface area contributed by atoms with E-state index in [1.165, 1.54) is 12.1 Å². The summed E-state index contributed by atoms with van der Waals surface area (Å²) in [5.74, 6) is -0.314. The molecule has 0 aliphatic carbocycles. The van der Waals surface area contributed by atoms with Crippen LogP contribution in [0, 0.1) is 5.82 Å². The summed E-state index contributed by atoms with van der Waals surface area (Å²) in [5.41, 5.74) is 0.742. The smallest absolute Gasteiger partial charge is 0.309 e. The topological polar surface area (TPSA) is 35.5 Å². The first-order valence-corrected chi connectivity index (χ1v) is 6.95. The maximum absolute atomic E-state index is 12.7. The van der Waals surface area contributed by atoms with E-state index in [-0.39, 0.29) is 12.0 Å². The van der Waals surface area contributed by atoms with E-state index in [0.29, 0.717) is 13.2 Å². The van der Waals surface area contributed by atoms with Gasteiger partial charge in [-0.1, -0.05) is 12.1 Å². The second-order valence-electron chi connectivity index (χ2n) is 3.23. The van der Waals surface area contributed by atoms with E-state index in [1.54, 1.807) is 26.0 Å². The summed E-state index contributed by atoms with van der Waals surface area (Å²) < 4.78 is 35.1. The molecule has 90 valence electrons. The minimum Gasteiger partial charge on any atom is -0.309 e. The SMILES string of the molecule is CCOP(=O)(Cc1ccc(F)cc1)OCC. The molecule has 0 saturated carbocycles. The van der Waals surface area contributed by atoms with Gasteiger partial charge in [-0.25, -0.2) is 4.39 Å². The molecule has 1 rings (SSSR count). The van der Waals surface area contributed by atoms with Gasteiger partial charge in [0.25, 0.3) is 0 Å². The van der Waals surface area contributed by atoms with Gasteiger partial charge < -0.3 is 9.05 Å². The third kappa shape index (κ3) is 4.05. The number of hydrogen-bond acceptors (Lipinski definition) is 3. The number of benzene rings is 1. The molecule has 0 bridgehead atoms. The predicted octanol–water partition coefficient (Wildman–Crippen LogP) is 3.59. The molecular weight excluding hydrogens is 230 g/mol. The fourth-order valence-electron chi connectivity index (χ4n) is 1.34. The monoisotopic (exact) mass is 246 g/mol. The van der Waals surface area contributed by atoms with E-state index >= 15 is 0 Å². The van der Waals surface area contributed by atoms with Gasteiger partial charge in [-0.05, 0) is 31.5 Å². The Hall–Kier alpha value is -0.700. The summed E-state index contributed by atoms with van der Waals surface area (Å²) in [6.07, 6.45) is 0.176. The van der Waals surface area contributed by atoms with E-state index in [1.807, 2.05) is 0 Å². The van der Waals surface area contributed by atoms with Crippen LogP contribution in [0.5, 0.6) is 0 Å². The molecule has 0 aromatic heterocycles. The van der Waals surface area contributed by atoms with Crippen LogP contribution in [0.3, 0.4) is 0 Å². The summed E-state index contributed by atoms with van der Waals surface area (Å²) >= 11 is 0. The maximum atomic E-state index is 12.7. The number of halogens is 1. The van der Waals surface area contributed by atoms with Gasteiger partial charge in [-0.15, -0.1) is 0 Å². The first kappa shape index (κ1) is 13.4. The van der Waals surface area contributed by atoms with Crippen LogP contribution in [0.25, 0.3) is 0 Å². The standard InChI is InChI=1S/C11H16FO3P/c1-3-14-16(13,15-4-2)9-10-5-7-11(12)8-6-10/h5-8H,3-4,9H2,1-2H3. The van der Waals surface area contributed by atoms with Gasteiger partial charge in [0, 0.05) is 0 Å². The van der Waals surface area contributed by atoms with Crippen molar-refractivity contribution in [3.63, 3.8) is 0 Å². The molecule has 1 aromatic rings. The lowest BCUT2D eigenvalue weighted by atomic mass is 10.2. The van der Waals surface area contributed by atoms with Crippen molar-refractivity contribution in [3.05, 3.63) is 35.6 Å². The van der Waals surface area contributed by atoms with Crippen LogP contribution in [-0.4, -0.2) is 13.2 Å². The van der Waals surface area contributed by atoms with E-state index in [2.05, 4.69) is 0 Å².